The maximum absolute atomic E-state index is 13.4. The molecule has 1 N–H and O–H groups in total. The quantitative estimate of drug-likeness (QED) is 0.909. The van der Waals surface area contributed by atoms with Crippen LogP contribution < -0.4 is 9.47 Å². The monoisotopic (exact) mass is 264 g/mol. The summed E-state index contributed by atoms with van der Waals surface area (Å²) in [7, 11) is 2.87. The first-order valence-electron chi connectivity index (χ1n) is 3.85. The standard InChI is InChI=1S/C9H10BrFO3/c1-13-6-3-5(4-12)8(11)7(10)9(6)14-2/h3,12H,4H2,1-2H3. The van der Waals surface area contributed by atoms with Crippen molar-refractivity contribution in [1.29, 1.82) is 0 Å². The van der Waals surface area contributed by atoms with Crippen molar-refractivity contribution in [3.8, 4) is 11.5 Å². The Morgan fingerprint density at radius 2 is 2.07 bits per heavy atom. The second kappa shape index (κ2) is 4.61. The van der Waals surface area contributed by atoms with E-state index in [1.165, 1.54) is 20.3 Å². The molecular weight excluding hydrogens is 255 g/mol. The van der Waals surface area contributed by atoms with Gasteiger partial charge in [0.15, 0.2) is 11.5 Å². The number of methoxy groups -OCH3 is 2. The molecule has 0 bridgehead atoms. The molecule has 0 saturated carbocycles. The highest BCUT2D eigenvalue weighted by molar-refractivity contribution is 9.10. The molecule has 0 unspecified atom stereocenters. The van der Waals surface area contributed by atoms with Crippen molar-refractivity contribution in [3.63, 3.8) is 0 Å². The summed E-state index contributed by atoms with van der Waals surface area (Å²) in [4.78, 5) is 0. The summed E-state index contributed by atoms with van der Waals surface area (Å²) in [6.45, 7) is -0.384. The average Bonchev–Trinajstić information content (AvgIpc) is 2.21. The summed E-state index contributed by atoms with van der Waals surface area (Å²) in [6, 6.07) is 1.40. The van der Waals surface area contributed by atoms with Gasteiger partial charge < -0.3 is 14.6 Å². The number of halogens is 2. The van der Waals surface area contributed by atoms with Gasteiger partial charge in [-0.2, -0.15) is 0 Å². The van der Waals surface area contributed by atoms with Crippen LogP contribution in [0.2, 0.25) is 0 Å². The first-order valence-corrected chi connectivity index (χ1v) is 4.64. The lowest BCUT2D eigenvalue weighted by molar-refractivity contribution is 0.273. The van der Waals surface area contributed by atoms with Crippen molar-refractivity contribution in [2.75, 3.05) is 14.2 Å². The first kappa shape index (κ1) is 11.3. The number of hydrogen-bond donors (Lipinski definition) is 1. The zero-order chi connectivity index (χ0) is 10.7. The molecule has 78 valence electrons. The van der Waals surface area contributed by atoms with Crippen LogP contribution >= 0.6 is 15.9 Å². The van der Waals surface area contributed by atoms with Crippen LogP contribution in [-0.2, 0) is 6.61 Å². The zero-order valence-corrected chi connectivity index (χ0v) is 9.39. The number of hydrogen-bond acceptors (Lipinski definition) is 3. The minimum absolute atomic E-state index is 0.156. The number of aliphatic hydroxyl groups is 1. The Morgan fingerprint density at radius 3 is 2.50 bits per heavy atom. The summed E-state index contributed by atoms with van der Waals surface area (Å²) in [6.07, 6.45) is 0. The Bertz CT molecular complexity index is 341. The maximum Gasteiger partial charge on any atom is 0.177 e. The van der Waals surface area contributed by atoms with Gasteiger partial charge in [-0.1, -0.05) is 0 Å². The molecule has 3 nitrogen and oxygen atoms in total. The summed E-state index contributed by atoms with van der Waals surface area (Å²) in [5.41, 5.74) is 0.162. The molecule has 0 aliphatic carbocycles. The average molecular weight is 265 g/mol. The van der Waals surface area contributed by atoms with Crippen molar-refractivity contribution in [2.24, 2.45) is 0 Å². The lowest BCUT2D eigenvalue weighted by Crippen LogP contribution is -1.98. The highest BCUT2D eigenvalue weighted by Gasteiger charge is 2.17. The largest absolute Gasteiger partial charge is 0.493 e. The molecule has 0 fully saturated rings. The van der Waals surface area contributed by atoms with E-state index < -0.39 is 5.82 Å². The molecule has 1 aromatic carbocycles. The van der Waals surface area contributed by atoms with E-state index in [1.54, 1.807) is 0 Å². The summed E-state index contributed by atoms with van der Waals surface area (Å²) < 4.78 is 23.5. The van der Waals surface area contributed by atoms with Gasteiger partial charge in [-0.3, -0.25) is 0 Å². The van der Waals surface area contributed by atoms with Gasteiger partial charge >= 0.3 is 0 Å². The third kappa shape index (κ3) is 1.83. The fourth-order valence-corrected chi connectivity index (χ4v) is 1.70. The van der Waals surface area contributed by atoms with Crippen LogP contribution in [0.1, 0.15) is 5.56 Å². The van der Waals surface area contributed by atoms with Crippen molar-refractivity contribution >= 4 is 15.9 Å². The Balaban J connectivity index is 3.38. The number of ether oxygens (including phenoxy) is 2. The van der Waals surface area contributed by atoms with Gasteiger partial charge in [0.1, 0.15) is 5.82 Å². The van der Waals surface area contributed by atoms with Gasteiger partial charge in [-0.25, -0.2) is 4.39 Å². The summed E-state index contributed by atoms with van der Waals surface area (Å²) in [5.74, 6) is 0.122. The van der Waals surface area contributed by atoms with Crippen molar-refractivity contribution < 1.29 is 19.0 Å². The van der Waals surface area contributed by atoms with Crippen molar-refractivity contribution in [2.45, 2.75) is 6.61 Å². The fourth-order valence-electron chi connectivity index (χ4n) is 1.09. The van der Waals surface area contributed by atoms with E-state index in [0.29, 0.717) is 5.75 Å². The van der Waals surface area contributed by atoms with Crippen molar-refractivity contribution in [1.82, 2.24) is 0 Å². The molecule has 0 spiro atoms. The SMILES string of the molecule is COc1cc(CO)c(F)c(Br)c1OC. The zero-order valence-electron chi connectivity index (χ0n) is 7.80. The highest BCUT2D eigenvalue weighted by Crippen LogP contribution is 2.38. The molecule has 1 aromatic rings. The van der Waals surface area contributed by atoms with Gasteiger partial charge in [0.25, 0.3) is 0 Å². The van der Waals surface area contributed by atoms with Gasteiger partial charge in [0.2, 0.25) is 0 Å². The molecule has 0 heterocycles. The molecule has 0 atom stereocenters. The molecule has 0 aliphatic rings. The predicted molar refractivity (Wildman–Crippen MR) is 53.1 cm³/mol. The van der Waals surface area contributed by atoms with E-state index in [1.807, 2.05) is 0 Å². The predicted octanol–water partition coefficient (Wildman–Crippen LogP) is 2.10. The molecular formula is C9H10BrFO3. The third-order valence-corrected chi connectivity index (χ3v) is 2.51. The lowest BCUT2D eigenvalue weighted by atomic mass is 10.2. The Morgan fingerprint density at radius 1 is 1.43 bits per heavy atom. The summed E-state index contributed by atoms with van der Waals surface area (Å²) in [5, 5.41) is 8.87. The maximum atomic E-state index is 13.4. The fraction of sp³-hybridized carbons (Fsp3) is 0.333. The second-order valence-corrected chi connectivity index (χ2v) is 3.35. The summed E-state index contributed by atoms with van der Waals surface area (Å²) >= 11 is 3.03. The molecule has 0 radical (unpaired) electrons. The normalized spacial score (nSPS) is 10.1. The van der Waals surface area contributed by atoms with Crippen LogP contribution in [0.5, 0.6) is 11.5 Å². The van der Waals surface area contributed by atoms with E-state index in [0.717, 1.165) is 0 Å². The van der Waals surface area contributed by atoms with Crippen LogP contribution in [0.25, 0.3) is 0 Å². The minimum Gasteiger partial charge on any atom is -0.493 e. The van der Waals surface area contributed by atoms with Crippen LogP contribution in [-0.4, -0.2) is 19.3 Å². The van der Waals surface area contributed by atoms with Gasteiger partial charge in [-0.05, 0) is 22.0 Å². The number of rotatable bonds is 3. The lowest BCUT2D eigenvalue weighted by Gasteiger charge is -2.12. The minimum atomic E-state index is -0.537. The number of aliphatic hydroxyl groups excluding tert-OH is 1. The van der Waals surface area contributed by atoms with E-state index >= 15 is 0 Å². The molecule has 0 aromatic heterocycles. The third-order valence-electron chi connectivity index (χ3n) is 1.80. The van der Waals surface area contributed by atoms with Crippen LogP contribution in [0.3, 0.4) is 0 Å². The first-order chi connectivity index (χ1) is 6.65. The van der Waals surface area contributed by atoms with Crippen LogP contribution in [0, 0.1) is 5.82 Å². The number of benzene rings is 1. The van der Waals surface area contributed by atoms with Crippen LogP contribution in [0.4, 0.5) is 4.39 Å². The van der Waals surface area contributed by atoms with Crippen LogP contribution in [0.15, 0.2) is 10.5 Å². The molecule has 0 aliphatic heterocycles. The van der Waals surface area contributed by atoms with Gasteiger partial charge in [-0.15, -0.1) is 0 Å². The molecule has 0 amide bonds. The van der Waals surface area contributed by atoms with Gasteiger partial charge in [0.05, 0.1) is 25.3 Å². The Hall–Kier alpha value is -0.810. The molecule has 1 rings (SSSR count). The topological polar surface area (TPSA) is 38.7 Å². The van der Waals surface area contributed by atoms with E-state index in [4.69, 9.17) is 14.6 Å². The molecule has 14 heavy (non-hydrogen) atoms. The highest BCUT2D eigenvalue weighted by atomic mass is 79.9. The Kier molecular flexibility index (Phi) is 3.71. The van der Waals surface area contributed by atoms with E-state index in [9.17, 15) is 4.39 Å². The van der Waals surface area contributed by atoms with Crippen molar-refractivity contribution in [3.05, 3.63) is 21.9 Å². The van der Waals surface area contributed by atoms with E-state index in [-0.39, 0.29) is 22.4 Å². The van der Waals surface area contributed by atoms with E-state index in [2.05, 4.69) is 15.9 Å². The molecule has 0 saturated heterocycles. The molecule has 5 heteroatoms. The smallest absolute Gasteiger partial charge is 0.177 e. The Labute approximate surface area is 89.6 Å². The van der Waals surface area contributed by atoms with Gasteiger partial charge in [0, 0.05) is 5.56 Å². The second-order valence-electron chi connectivity index (χ2n) is 2.56.